The second kappa shape index (κ2) is 6.93. The van der Waals surface area contributed by atoms with E-state index in [9.17, 15) is 12.8 Å². The van der Waals surface area contributed by atoms with Gasteiger partial charge in [-0.25, -0.2) is 26.6 Å². The average molecular weight is 435 g/mol. The van der Waals surface area contributed by atoms with Crippen LogP contribution in [0, 0.1) is 19.7 Å². The van der Waals surface area contributed by atoms with Gasteiger partial charge in [-0.05, 0) is 72.0 Å². The molecular weight excluding hydrogens is 421 g/mol. The first kappa shape index (κ1) is 21.6. The van der Waals surface area contributed by atoms with Crippen LogP contribution in [-0.4, -0.2) is 73.8 Å². The van der Waals surface area contributed by atoms with Crippen LogP contribution < -0.4 is 0 Å². The first-order valence-electron chi connectivity index (χ1n) is 8.97. The lowest BCUT2D eigenvalue weighted by Crippen LogP contribution is -2.68. The second-order valence-corrected chi connectivity index (χ2v) is 10.5. The fourth-order valence-corrected chi connectivity index (χ4v) is 6.84. The Labute approximate surface area is 183 Å². The minimum atomic E-state index is -4.22. The highest BCUT2D eigenvalue weighted by Gasteiger charge is 2.51. The van der Waals surface area contributed by atoms with Gasteiger partial charge in [0, 0.05) is 6.20 Å². The molecule has 8 radical (unpaired) electrons. The van der Waals surface area contributed by atoms with Crippen LogP contribution in [0.2, 0.25) is 0 Å². The lowest BCUT2D eigenvalue weighted by Gasteiger charge is -2.56. The van der Waals surface area contributed by atoms with Crippen LogP contribution in [0.4, 0.5) is 4.39 Å². The van der Waals surface area contributed by atoms with Gasteiger partial charge in [-0.15, -0.1) is 0 Å². The van der Waals surface area contributed by atoms with E-state index in [4.69, 9.17) is 31.4 Å². The Bertz CT molecular complexity index is 1230. The zero-order chi connectivity index (χ0) is 22.1. The zero-order valence-corrected chi connectivity index (χ0v) is 17.9. The average Bonchev–Trinajstić information content (AvgIpc) is 3.24. The Morgan fingerprint density at radius 2 is 1.83 bits per heavy atom. The third-order valence-corrected chi connectivity index (χ3v) is 8.56. The number of halogens is 1. The van der Waals surface area contributed by atoms with Gasteiger partial charge in [-0.1, -0.05) is 0 Å². The van der Waals surface area contributed by atoms with Crippen molar-refractivity contribution in [3.05, 3.63) is 41.2 Å². The molecule has 3 aromatic heterocycles. The molecule has 3 aromatic rings. The fraction of sp³-hybridized carbons (Fsp3) is 0.438. The normalized spacial score (nSPS) is 20.0. The van der Waals surface area contributed by atoms with Gasteiger partial charge in [0.25, 0.3) is 10.0 Å². The molecule has 7 nitrogen and oxygen atoms in total. The summed E-state index contributed by atoms with van der Waals surface area (Å²) >= 11 is 0.786. The van der Waals surface area contributed by atoms with Gasteiger partial charge >= 0.3 is 0 Å². The maximum absolute atomic E-state index is 14.8. The van der Waals surface area contributed by atoms with Crippen molar-refractivity contribution in [1.82, 2.24) is 23.3 Å². The second-order valence-electron chi connectivity index (χ2n) is 7.70. The molecule has 146 valence electrons. The topological polar surface area (TPSA) is 80.5 Å². The van der Waals surface area contributed by atoms with E-state index < -0.39 is 32.4 Å². The van der Waals surface area contributed by atoms with Crippen LogP contribution in [0.25, 0.3) is 5.65 Å². The number of aromatic nitrogens is 4. The number of hydrogen-bond acceptors (Lipinski definition) is 6. The summed E-state index contributed by atoms with van der Waals surface area (Å²) in [4.78, 5) is 3.89. The summed E-state index contributed by atoms with van der Waals surface area (Å²) in [6.45, 7) is 3.25. The molecule has 4 rings (SSSR count). The van der Waals surface area contributed by atoms with Crippen molar-refractivity contribution in [2.75, 3.05) is 0 Å². The molecule has 1 aliphatic heterocycles. The number of pyridine rings is 1. The smallest absolute Gasteiger partial charge is 0.220 e. The van der Waals surface area contributed by atoms with E-state index >= 15 is 0 Å². The summed E-state index contributed by atoms with van der Waals surface area (Å²) in [5, 5.41) is 0.119. The van der Waals surface area contributed by atoms with Gasteiger partial charge in [-0.3, -0.25) is 0 Å². The first-order chi connectivity index (χ1) is 13.8. The predicted molar refractivity (Wildman–Crippen MR) is 114 cm³/mol. The molecule has 0 unspecified atom stereocenters. The Kier molecular flexibility index (Phi) is 4.98. The van der Waals surface area contributed by atoms with Gasteiger partial charge in [0.2, 0.25) is 0 Å². The van der Waals surface area contributed by atoms with Gasteiger partial charge in [-0.2, -0.15) is 9.47 Å². The van der Waals surface area contributed by atoms with Crippen molar-refractivity contribution in [3.8, 4) is 0 Å². The highest BCUT2D eigenvalue weighted by Crippen LogP contribution is 2.45. The molecular formula is C16H14B4FN5O2S2. The lowest BCUT2D eigenvalue weighted by atomic mass is 9.46. The highest BCUT2D eigenvalue weighted by molar-refractivity contribution is 7.91. The number of sulfonamides is 1. The Hall–Kier alpha value is -1.65. The van der Waals surface area contributed by atoms with Crippen LogP contribution in [0.3, 0.4) is 0 Å². The van der Waals surface area contributed by atoms with Crippen molar-refractivity contribution in [1.29, 1.82) is 0 Å². The van der Waals surface area contributed by atoms with E-state index in [1.807, 2.05) is 0 Å². The Morgan fingerprint density at radius 3 is 2.40 bits per heavy atom. The molecule has 0 saturated carbocycles. The predicted octanol–water partition coefficient (Wildman–Crippen LogP) is 0.492. The lowest BCUT2D eigenvalue weighted by molar-refractivity contribution is 0.208. The van der Waals surface area contributed by atoms with E-state index in [0.29, 0.717) is 16.8 Å². The van der Waals surface area contributed by atoms with Crippen molar-refractivity contribution < 1.29 is 12.8 Å². The van der Waals surface area contributed by atoms with E-state index in [2.05, 4.69) is 14.5 Å². The van der Waals surface area contributed by atoms with Crippen molar-refractivity contribution in [2.24, 2.45) is 0 Å². The monoisotopic (exact) mass is 435 g/mol. The van der Waals surface area contributed by atoms with E-state index in [1.165, 1.54) is 16.9 Å². The van der Waals surface area contributed by atoms with Crippen molar-refractivity contribution in [2.45, 2.75) is 47.5 Å². The Morgan fingerprint density at radius 1 is 1.20 bits per heavy atom. The molecule has 0 bridgehead atoms. The van der Waals surface area contributed by atoms with Gasteiger partial charge in [0.15, 0.2) is 15.7 Å². The molecule has 0 amide bonds. The number of aryl methyl sites for hydroxylation is 1. The molecule has 1 fully saturated rings. The van der Waals surface area contributed by atoms with Crippen molar-refractivity contribution in [3.63, 3.8) is 0 Å². The van der Waals surface area contributed by atoms with Crippen LogP contribution in [-0.2, 0) is 10.0 Å². The standard InChI is InChI=1S/C16H14B4FN5O2S2/c1-8-3-12(29-24-8)30(27,28)26-15(17,18)4-10(5-16(26,19)20)11-6-25-14(22-7-23-25)13(21)9(11)2/h3,6-7,10H,4-5H2,1-2H3. The van der Waals surface area contributed by atoms with Crippen LogP contribution in [0.15, 0.2) is 22.8 Å². The Balaban J connectivity index is 1.78. The molecule has 30 heavy (non-hydrogen) atoms. The molecule has 14 heteroatoms. The van der Waals surface area contributed by atoms with Crippen LogP contribution >= 0.6 is 11.5 Å². The molecule has 0 N–H and O–H groups in total. The fourth-order valence-electron chi connectivity index (χ4n) is 4.07. The third kappa shape index (κ3) is 3.33. The maximum atomic E-state index is 14.8. The van der Waals surface area contributed by atoms with Crippen molar-refractivity contribution >= 4 is 58.6 Å². The quantitative estimate of drug-likeness (QED) is 0.561. The third-order valence-electron chi connectivity index (χ3n) is 5.24. The molecule has 0 atom stereocenters. The number of nitrogens with zero attached hydrogens (tertiary/aromatic N) is 5. The van der Waals surface area contributed by atoms with Crippen LogP contribution in [0.5, 0.6) is 0 Å². The molecule has 0 spiro atoms. The highest BCUT2D eigenvalue weighted by atomic mass is 32.2. The molecule has 1 aliphatic rings. The minimum Gasteiger partial charge on any atom is -0.220 e. The number of piperidine rings is 1. The molecule has 1 saturated heterocycles. The van der Waals surface area contributed by atoms with E-state index in [-0.39, 0.29) is 22.7 Å². The van der Waals surface area contributed by atoms with Gasteiger partial charge in [0.1, 0.15) is 6.33 Å². The minimum absolute atomic E-state index is 0.0410. The number of rotatable bonds is 3. The zero-order valence-electron chi connectivity index (χ0n) is 16.3. The summed E-state index contributed by atoms with van der Waals surface area (Å²) in [5.74, 6) is -1.06. The van der Waals surface area contributed by atoms with E-state index in [0.717, 1.165) is 15.8 Å². The summed E-state index contributed by atoms with van der Waals surface area (Å²) < 4.78 is 47.2. The first-order valence-corrected chi connectivity index (χ1v) is 11.2. The summed E-state index contributed by atoms with van der Waals surface area (Å²) in [5.41, 5.74) is 1.45. The van der Waals surface area contributed by atoms with E-state index in [1.54, 1.807) is 20.0 Å². The molecule has 4 heterocycles. The van der Waals surface area contributed by atoms with Crippen LogP contribution in [0.1, 0.15) is 35.6 Å². The largest absolute Gasteiger partial charge is 0.252 e. The number of fused-ring (bicyclic) bond motifs is 1. The molecule has 0 aromatic carbocycles. The summed E-state index contributed by atoms with van der Waals surface area (Å²) in [6, 6.07) is 1.40. The molecule has 0 aliphatic carbocycles. The number of hydrogen-bond donors (Lipinski definition) is 0. The maximum Gasteiger partial charge on any atom is 0.252 e. The summed E-state index contributed by atoms with van der Waals surface area (Å²) in [6.07, 6.45) is 2.76. The SMILES string of the molecule is [B]C1([B])CC(c2cn3ncnc3c(F)c2C)CC([B])([B])N1S(=O)(=O)c1cc(C)ns1. The van der Waals surface area contributed by atoms with Gasteiger partial charge < -0.3 is 0 Å². The summed E-state index contributed by atoms with van der Waals surface area (Å²) in [7, 11) is 20.8. The van der Waals surface area contributed by atoms with Gasteiger partial charge in [0.05, 0.1) is 37.1 Å².